The van der Waals surface area contributed by atoms with Crippen LogP contribution in [0, 0.1) is 0 Å². The summed E-state index contributed by atoms with van der Waals surface area (Å²) in [5.41, 5.74) is 2.67. The molecule has 1 aliphatic heterocycles. The Hall–Kier alpha value is -1.77. The molecule has 0 saturated carbocycles. The molecule has 0 saturated heterocycles. The van der Waals surface area contributed by atoms with E-state index < -0.39 is 5.97 Å². The molecule has 0 spiro atoms. The van der Waals surface area contributed by atoms with Gasteiger partial charge in [-0.1, -0.05) is 30.3 Å². The first-order chi connectivity index (χ1) is 7.68. The lowest BCUT2D eigenvalue weighted by atomic mass is 10.2. The maximum atomic E-state index is 10.9. The van der Waals surface area contributed by atoms with Gasteiger partial charge >= 0.3 is 5.97 Å². The highest BCUT2D eigenvalue weighted by Gasteiger charge is 2.23. The number of rotatable bonds is 3. The summed E-state index contributed by atoms with van der Waals surface area (Å²) in [4.78, 5) is 13.0. The number of carboxylic acids is 1. The van der Waals surface area contributed by atoms with Crippen LogP contribution in [0.15, 0.2) is 41.6 Å². The number of nitrogens with zero attached hydrogens (tertiary/aromatic N) is 1. The maximum absolute atomic E-state index is 10.9. The fraction of sp³-hybridized carbons (Fsp3) is 0.308. The van der Waals surface area contributed by atoms with Gasteiger partial charge in [0.2, 0.25) is 0 Å². The quantitative estimate of drug-likeness (QED) is 0.844. The molecule has 2 rings (SSSR count). The minimum absolute atomic E-state index is 0.552. The molecule has 0 unspecified atom stereocenters. The largest absolute Gasteiger partial charge is 0.478 e. The van der Waals surface area contributed by atoms with Gasteiger partial charge < -0.3 is 10.0 Å². The van der Waals surface area contributed by atoms with E-state index in [4.69, 9.17) is 5.11 Å². The van der Waals surface area contributed by atoms with Crippen molar-refractivity contribution in [2.75, 3.05) is 6.54 Å². The van der Waals surface area contributed by atoms with E-state index in [2.05, 4.69) is 17.0 Å². The monoisotopic (exact) mass is 217 g/mol. The van der Waals surface area contributed by atoms with Crippen LogP contribution in [-0.2, 0) is 11.3 Å². The molecule has 0 aromatic heterocycles. The van der Waals surface area contributed by atoms with Gasteiger partial charge in [-0.25, -0.2) is 4.79 Å². The number of carbonyl (C=O) groups is 1. The van der Waals surface area contributed by atoms with Crippen molar-refractivity contribution in [1.29, 1.82) is 0 Å². The average Bonchev–Trinajstić information content (AvgIpc) is 2.62. The van der Waals surface area contributed by atoms with Crippen LogP contribution < -0.4 is 0 Å². The highest BCUT2D eigenvalue weighted by Crippen LogP contribution is 2.24. The number of carboxylic acid groups (broad SMARTS) is 1. The molecule has 0 atom stereocenters. The molecule has 0 aliphatic carbocycles. The van der Waals surface area contributed by atoms with Gasteiger partial charge in [0.25, 0.3) is 0 Å². The van der Waals surface area contributed by atoms with E-state index in [-0.39, 0.29) is 0 Å². The number of allylic oxidation sites excluding steroid dienone is 1. The van der Waals surface area contributed by atoms with E-state index in [1.807, 2.05) is 25.1 Å². The molecule has 84 valence electrons. The fourth-order valence-corrected chi connectivity index (χ4v) is 2.05. The summed E-state index contributed by atoms with van der Waals surface area (Å²) in [5, 5.41) is 8.98. The minimum atomic E-state index is -0.784. The van der Waals surface area contributed by atoms with E-state index in [9.17, 15) is 4.79 Å². The van der Waals surface area contributed by atoms with E-state index >= 15 is 0 Å². The van der Waals surface area contributed by atoms with Crippen LogP contribution in [0.25, 0.3) is 0 Å². The van der Waals surface area contributed by atoms with Crippen LogP contribution in [0.1, 0.15) is 18.9 Å². The number of hydrogen-bond acceptors (Lipinski definition) is 2. The highest BCUT2D eigenvalue weighted by molar-refractivity contribution is 5.87. The van der Waals surface area contributed by atoms with E-state index in [0.717, 1.165) is 18.8 Å². The van der Waals surface area contributed by atoms with E-state index in [0.29, 0.717) is 12.0 Å². The summed E-state index contributed by atoms with van der Waals surface area (Å²) < 4.78 is 0. The van der Waals surface area contributed by atoms with E-state index in [1.165, 1.54) is 5.56 Å². The third-order valence-corrected chi connectivity index (χ3v) is 3.02. The lowest BCUT2D eigenvalue weighted by molar-refractivity contribution is -0.132. The second kappa shape index (κ2) is 4.39. The van der Waals surface area contributed by atoms with Crippen LogP contribution in [0.4, 0.5) is 0 Å². The minimum Gasteiger partial charge on any atom is -0.478 e. The number of aliphatic carboxylic acids is 1. The average molecular weight is 217 g/mol. The zero-order valence-corrected chi connectivity index (χ0v) is 9.31. The molecule has 1 heterocycles. The lowest BCUT2D eigenvalue weighted by Gasteiger charge is -2.19. The molecule has 1 N–H and O–H groups in total. The smallest absolute Gasteiger partial charge is 0.333 e. The third kappa shape index (κ3) is 2.08. The second-order valence-corrected chi connectivity index (χ2v) is 4.03. The molecule has 0 bridgehead atoms. The van der Waals surface area contributed by atoms with Crippen LogP contribution in [-0.4, -0.2) is 22.5 Å². The molecule has 3 heteroatoms. The highest BCUT2D eigenvalue weighted by atomic mass is 16.4. The molecule has 1 aromatic rings. The van der Waals surface area contributed by atoms with Crippen molar-refractivity contribution in [1.82, 2.24) is 4.90 Å². The summed E-state index contributed by atoms with van der Waals surface area (Å²) in [6.07, 6.45) is 0.647. The Kier molecular flexibility index (Phi) is 2.95. The first-order valence-corrected chi connectivity index (χ1v) is 5.40. The van der Waals surface area contributed by atoms with Gasteiger partial charge in [-0.05, 0) is 18.9 Å². The van der Waals surface area contributed by atoms with Crippen molar-refractivity contribution in [2.45, 2.75) is 19.9 Å². The second-order valence-electron chi connectivity index (χ2n) is 4.03. The van der Waals surface area contributed by atoms with Crippen molar-refractivity contribution in [3.05, 3.63) is 47.2 Å². The van der Waals surface area contributed by atoms with Gasteiger partial charge in [0.05, 0.1) is 5.57 Å². The molecular formula is C13H15NO2. The molecule has 16 heavy (non-hydrogen) atoms. The van der Waals surface area contributed by atoms with Crippen LogP contribution in [0.3, 0.4) is 0 Å². The Morgan fingerprint density at radius 3 is 2.62 bits per heavy atom. The van der Waals surface area contributed by atoms with Gasteiger partial charge in [0, 0.05) is 18.8 Å². The number of hydrogen-bond donors (Lipinski definition) is 1. The van der Waals surface area contributed by atoms with Gasteiger partial charge in [-0.15, -0.1) is 0 Å². The molecule has 0 radical (unpaired) electrons. The van der Waals surface area contributed by atoms with Crippen LogP contribution in [0.5, 0.6) is 0 Å². The maximum Gasteiger partial charge on any atom is 0.333 e. The first kappa shape index (κ1) is 10.7. The Balaban J connectivity index is 2.11. The summed E-state index contributed by atoms with van der Waals surface area (Å²) >= 11 is 0. The Morgan fingerprint density at radius 1 is 1.38 bits per heavy atom. The molecule has 1 aliphatic rings. The summed E-state index contributed by atoms with van der Waals surface area (Å²) in [6.45, 7) is 3.49. The normalized spacial score (nSPS) is 15.7. The van der Waals surface area contributed by atoms with Gasteiger partial charge in [-0.3, -0.25) is 0 Å². The van der Waals surface area contributed by atoms with Crippen LogP contribution >= 0.6 is 0 Å². The molecule has 1 aromatic carbocycles. The molecule has 0 amide bonds. The van der Waals surface area contributed by atoms with E-state index in [1.54, 1.807) is 0 Å². The van der Waals surface area contributed by atoms with Crippen molar-refractivity contribution >= 4 is 5.97 Å². The van der Waals surface area contributed by atoms with Crippen molar-refractivity contribution in [2.24, 2.45) is 0 Å². The van der Waals surface area contributed by atoms with Crippen LogP contribution in [0.2, 0.25) is 0 Å². The summed E-state index contributed by atoms with van der Waals surface area (Å²) in [6, 6.07) is 10.1. The summed E-state index contributed by atoms with van der Waals surface area (Å²) in [5.74, 6) is -0.784. The first-order valence-electron chi connectivity index (χ1n) is 5.40. The van der Waals surface area contributed by atoms with Gasteiger partial charge in [-0.2, -0.15) is 0 Å². The lowest BCUT2D eigenvalue weighted by Crippen LogP contribution is -2.17. The summed E-state index contributed by atoms with van der Waals surface area (Å²) in [7, 11) is 0. The Bertz CT molecular complexity index is 423. The zero-order chi connectivity index (χ0) is 11.5. The van der Waals surface area contributed by atoms with Gasteiger partial charge in [0.15, 0.2) is 0 Å². The standard InChI is InChI=1S/C13H15NO2/c1-10-12(13(15)16)7-8-14(10)9-11-5-3-2-4-6-11/h2-6H,7-9H2,1H3,(H,15,16). The Labute approximate surface area is 95.0 Å². The topological polar surface area (TPSA) is 40.5 Å². The van der Waals surface area contributed by atoms with Gasteiger partial charge in [0.1, 0.15) is 0 Å². The third-order valence-electron chi connectivity index (χ3n) is 3.02. The Morgan fingerprint density at radius 2 is 2.06 bits per heavy atom. The van der Waals surface area contributed by atoms with Crippen molar-refractivity contribution < 1.29 is 9.90 Å². The molecular weight excluding hydrogens is 202 g/mol. The predicted molar refractivity (Wildman–Crippen MR) is 61.8 cm³/mol. The van der Waals surface area contributed by atoms with Crippen molar-refractivity contribution in [3.8, 4) is 0 Å². The predicted octanol–water partition coefficient (Wildman–Crippen LogP) is 2.25. The SMILES string of the molecule is CC1=C(C(=O)O)CCN1Cc1ccccc1. The molecule has 3 nitrogen and oxygen atoms in total. The van der Waals surface area contributed by atoms with Crippen molar-refractivity contribution in [3.63, 3.8) is 0 Å². The number of benzene rings is 1. The fourth-order valence-electron chi connectivity index (χ4n) is 2.05. The molecule has 0 fully saturated rings. The zero-order valence-electron chi connectivity index (χ0n) is 9.31.